The van der Waals surface area contributed by atoms with Gasteiger partial charge in [-0.05, 0) is 24.3 Å². The van der Waals surface area contributed by atoms with Gasteiger partial charge in [-0.3, -0.25) is 14.9 Å². The summed E-state index contributed by atoms with van der Waals surface area (Å²) in [6, 6.07) is 11.2. The molecule has 25 heavy (non-hydrogen) atoms. The average molecular weight is 361 g/mol. The molecule has 2 N–H and O–H groups in total. The van der Waals surface area contributed by atoms with Crippen LogP contribution in [0.3, 0.4) is 0 Å². The van der Waals surface area contributed by atoms with E-state index >= 15 is 0 Å². The molecule has 0 fully saturated rings. The number of carbonyl (C=O) groups is 1. The van der Waals surface area contributed by atoms with Gasteiger partial charge in [0, 0.05) is 11.8 Å². The van der Waals surface area contributed by atoms with Gasteiger partial charge in [0.25, 0.3) is 5.69 Å². The first-order chi connectivity index (χ1) is 12.0. The summed E-state index contributed by atoms with van der Waals surface area (Å²) in [5.41, 5.74) is 1.35. The number of imidazole rings is 1. The number of aromatic nitrogens is 2. The van der Waals surface area contributed by atoms with Crippen molar-refractivity contribution in [2.45, 2.75) is 13.2 Å². The number of nitro groups is 1. The molecular weight excluding hydrogens is 348 g/mol. The number of anilines is 1. The fourth-order valence-electron chi connectivity index (χ4n) is 2.50. The third-order valence-electron chi connectivity index (χ3n) is 3.60. The fraction of sp³-hybridized carbons (Fsp3) is 0.125. The minimum atomic E-state index is -0.620. The van der Waals surface area contributed by atoms with Gasteiger partial charge in [-0.1, -0.05) is 23.7 Å². The topological polar surface area (TPSA) is 110 Å². The highest BCUT2D eigenvalue weighted by molar-refractivity contribution is 6.32. The molecule has 0 saturated carbocycles. The quantitative estimate of drug-likeness (QED) is 0.537. The number of nitro benzene ring substituents is 1. The highest BCUT2D eigenvalue weighted by Crippen LogP contribution is 2.27. The summed E-state index contributed by atoms with van der Waals surface area (Å²) in [7, 11) is 0. The van der Waals surface area contributed by atoms with Gasteiger partial charge >= 0.3 is 0 Å². The van der Waals surface area contributed by atoms with Crippen molar-refractivity contribution in [3.8, 4) is 0 Å². The molecule has 8 nitrogen and oxygen atoms in total. The zero-order valence-electron chi connectivity index (χ0n) is 12.8. The first kappa shape index (κ1) is 16.9. The second-order valence-electron chi connectivity index (χ2n) is 5.23. The summed E-state index contributed by atoms with van der Waals surface area (Å²) in [6.07, 6.45) is 0. The Bertz CT molecular complexity index is 970. The predicted octanol–water partition coefficient (Wildman–Crippen LogP) is 2.73. The lowest BCUT2D eigenvalue weighted by atomic mass is 10.2. The molecule has 0 atom stereocenters. The van der Waals surface area contributed by atoms with Crippen molar-refractivity contribution < 1.29 is 14.8 Å². The van der Waals surface area contributed by atoms with Gasteiger partial charge in [-0.2, -0.15) is 0 Å². The maximum absolute atomic E-state index is 12.3. The molecule has 0 bridgehead atoms. The Balaban J connectivity index is 1.84. The average Bonchev–Trinajstić information content (AvgIpc) is 2.94. The van der Waals surface area contributed by atoms with Crippen LogP contribution in [0.1, 0.15) is 5.82 Å². The van der Waals surface area contributed by atoms with Crippen LogP contribution >= 0.6 is 11.6 Å². The summed E-state index contributed by atoms with van der Waals surface area (Å²) >= 11 is 5.75. The molecule has 0 saturated heterocycles. The Kier molecular flexibility index (Phi) is 4.64. The lowest BCUT2D eigenvalue weighted by Gasteiger charge is -2.09. The van der Waals surface area contributed by atoms with Gasteiger partial charge in [0.15, 0.2) is 0 Å². The van der Waals surface area contributed by atoms with Gasteiger partial charge in [0.05, 0.1) is 16.0 Å². The highest BCUT2D eigenvalue weighted by atomic mass is 35.5. The van der Waals surface area contributed by atoms with Gasteiger partial charge in [-0.15, -0.1) is 0 Å². The minimum absolute atomic E-state index is 0.00818. The highest BCUT2D eigenvalue weighted by Gasteiger charge is 2.16. The summed E-state index contributed by atoms with van der Waals surface area (Å²) in [5, 5.41) is 22.9. The Morgan fingerprint density at radius 3 is 2.80 bits per heavy atom. The molecule has 3 rings (SSSR count). The molecule has 0 radical (unpaired) electrons. The summed E-state index contributed by atoms with van der Waals surface area (Å²) in [4.78, 5) is 26.9. The number of rotatable bonds is 5. The van der Waals surface area contributed by atoms with Crippen LogP contribution < -0.4 is 5.32 Å². The fourth-order valence-corrected chi connectivity index (χ4v) is 2.68. The summed E-state index contributed by atoms with van der Waals surface area (Å²) in [6.45, 7) is -0.402. The van der Waals surface area contributed by atoms with Crippen molar-refractivity contribution in [3.05, 3.63) is 63.4 Å². The number of aliphatic hydroxyl groups excluding tert-OH is 1. The molecule has 1 aromatic heterocycles. The molecule has 1 heterocycles. The van der Waals surface area contributed by atoms with E-state index in [1.807, 2.05) is 12.1 Å². The van der Waals surface area contributed by atoms with E-state index in [0.29, 0.717) is 16.9 Å². The van der Waals surface area contributed by atoms with Gasteiger partial charge < -0.3 is 15.0 Å². The smallest absolute Gasteiger partial charge is 0.289 e. The molecule has 1 amide bonds. The zero-order chi connectivity index (χ0) is 18.0. The van der Waals surface area contributed by atoms with Crippen LogP contribution in [0.25, 0.3) is 11.0 Å². The first-order valence-electron chi connectivity index (χ1n) is 7.28. The normalized spacial score (nSPS) is 10.8. The molecule has 128 valence electrons. The minimum Gasteiger partial charge on any atom is -0.388 e. The van der Waals surface area contributed by atoms with E-state index < -0.39 is 10.8 Å². The van der Waals surface area contributed by atoms with Crippen molar-refractivity contribution in [2.75, 3.05) is 5.32 Å². The van der Waals surface area contributed by atoms with Crippen LogP contribution in [-0.4, -0.2) is 25.5 Å². The number of amides is 1. The number of benzene rings is 2. The van der Waals surface area contributed by atoms with Crippen LogP contribution in [0.4, 0.5) is 11.4 Å². The maximum atomic E-state index is 12.3. The molecule has 0 aliphatic carbocycles. The van der Waals surface area contributed by atoms with Crippen LogP contribution in [0.2, 0.25) is 5.02 Å². The van der Waals surface area contributed by atoms with Crippen molar-refractivity contribution in [1.82, 2.24) is 9.55 Å². The second kappa shape index (κ2) is 6.88. The summed E-state index contributed by atoms with van der Waals surface area (Å²) < 4.78 is 1.59. The van der Waals surface area contributed by atoms with E-state index in [9.17, 15) is 20.0 Å². The number of fused-ring (bicyclic) bond motifs is 1. The molecule has 3 aromatic rings. The first-order valence-corrected chi connectivity index (χ1v) is 7.66. The Morgan fingerprint density at radius 2 is 2.08 bits per heavy atom. The lowest BCUT2D eigenvalue weighted by Crippen LogP contribution is -2.20. The van der Waals surface area contributed by atoms with Crippen LogP contribution in [0.5, 0.6) is 0 Å². The molecule has 0 aliphatic rings. The van der Waals surface area contributed by atoms with E-state index in [1.54, 1.807) is 16.7 Å². The van der Waals surface area contributed by atoms with Crippen LogP contribution in [0.15, 0.2) is 42.5 Å². The Morgan fingerprint density at radius 1 is 1.32 bits per heavy atom. The van der Waals surface area contributed by atoms with E-state index in [-0.39, 0.29) is 29.5 Å². The number of hydrogen-bond acceptors (Lipinski definition) is 5. The third-order valence-corrected chi connectivity index (χ3v) is 3.92. The van der Waals surface area contributed by atoms with Crippen molar-refractivity contribution in [1.29, 1.82) is 0 Å². The van der Waals surface area contributed by atoms with Crippen molar-refractivity contribution in [2.24, 2.45) is 0 Å². The number of nitrogens with one attached hydrogen (secondary N) is 1. The van der Waals surface area contributed by atoms with Crippen molar-refractivity contribution >= 4 is 39.9 Å². The van der Waals surface area contributed by atoms with E-state index in [1.165, 1.54) is 18.2 Å². The number of nitrogens with zero attached hydrogens (tertiary/aromatic N) is 3. The number of carbonyl (C=O) groups excluding carboxylic acids is 1. The van der Waals surface area contributed by atoms with E-state index in [4.69, 9.17) is 11.6 Å². The second-order valence-corrected chi connectivity index (χ2v) is 5.64. The molecule has 2 aromatic carbocycles. The Labute approximate surface area is 146 Å². The number of aliphatic hydroxyl groups is 1. The van der Waals surface area contributed by atoms with E-state index in [0.717, 1.165) is 0 Å². The lowest BCUT2D eigenvalue weighted by molar-refractivity contribution is -0.384. The standard InChI is InChI=1S/C16H13ClN4O4/c17-11-6-5-10(7-14(11)21(24)25)18-16(23)8-20-13-4-2-1-3-12(13)19-15(20)9-22/h1-7,22H,8-9H2,(H,18,23). The van der Waals surface area contributed by atoms with Gasteiger partial charge in [-0.25, -0.2) is 4.98 Å². The van der Waals surface area contributed by atoms with Crippen molar-refractivity contribution in [3.63, 3.8) is 0 Å². The molecule has 0 aliphatic heterocycles. The maximum Gasteiger partial charge on any atom is 0.289 e. The predicted molar refractivity (Wildman–Crippen MR) is 92.4 cm³/mol. The zero-order valence-corrected chi connectivity index (χ0v) is 13.6. The third kappa shape index (κ3) is 3.44. The van der Waals surface area contributed by atoms with Gasteiger partial charge in [0.2, 0.25) is 5.91 Å². The van der Waals surface area contributed by atoms with Crippen LogP contribution in [-0.2, 0) is 17.9 Å². The number of hydrogen-bond donors (Lipinski definition) is 2. The molecule has 0 spiro atoms. The number of para-hydroxylation sites is 2. The molecular formula is C16H13ClN4O4. The van der Waals surface area contributed by atoms with Gasteiger partial charge in [0.1, 0.15) is 24.0 Å². The SMILES string of the molecule is O=C(Cn1c(CO)nc2ccccc21)Nc1ccc(Cl)c([N+](=O)[O-])c1. The van der Waals surface area contributed by atoms with E-state index in [2.05, 4.69) is 10.3 Å². The Hall–Kier alpha value is -2.97. The monoisotopic (exact) mass is 360 g/mol. The molecule has 0 unspecified atom stereocenters. The summed E-state index contributed by atoms with van der Waals surface area (Å²) in [5.74, 6) is -0.0482. The number of halogens is 1. The molecule has 9 heteroatoms. The van der Waals surface area contributed by atoms with Crippen LogP contribution in [0, 0.1) is 10.1 Å². The largest absolute Gasteiger partial charge is 0.388 e.